The lowest BCUT2D eigenvalue weighted by Crippen LogP contribution is -2.26. The van der Waals surface area contributed by atoms with Crippen LogP contribution in [0.1, 0.15) is 47.7 Å². The van der Waals surface area contributed by atoms with Gasteiger partial charge < -0.3 is 10.6 Å². The molecular weight excluding hydrogens is 282 g/mol. The molecule has 1 unspecified atom stereocenters. The smallest absolute Gasteiger partial charge is 0.220 e. The van der Waals surface area contributed by atoms with Gasteiger partial charge in [-0.05, 0) is 57.5 Å². The van der Waals surface area contributed by atoms with Crippen LogP contribution in [0, 0.1) is 5.92 Å². The molecule has 0 spiro atoms. The Morgan fingerprint density at radius 1 is 1.38 bits per heavy atom. The highest BCUT2D eigenvalue weighted by molar-refractivity contribution is 7.11. The monoisotopic (exact) mass is 307 g/mol. The molecule has 1 saturated heterocycles. The molecule has 116 valence electrons. The van der Waals surface area contributed by atoms with Gasteiger partial charge >= 0.3 is 0 Å². The van der Waals surface area contributed by atoms with Crippen molar-refractivity contribution in [3.63, 3.8) is 0 Å². The van der Waals surface area contributed by atoms with Crippen molar-refractivity contribution in [3.8, 4) is 0 Å². The minimum Gasteiger partial charge on any atom is -0.356 e. The van der Waals surface area contributed by atoms with Gasteiger partial charge in [-0.15, -0.1) is 11.3 Å². The first-order chi connectivity index (χ1) is 10.3. The van der Waals surface area contributed by atoms with Crippen LogP contribution >= 0.6 is 11.3 Å². The number of fused-ring (bicyclic) bond motifs is 1. The van der Waals surface area contributed by atoms with E-state index in [-0.39, 0.29) is 5.91 Å². The number of hydrogen-bond donors (Lipinski definition) is 2. The number of aromatic nitrogens is 1. The Labute approximate surface area is 130 Å². The van der Waals surface area contributed by atoms with Crippen LogP contribution in [-0.2, 0) is 24.1 Å². The first-order valence-electron chi connectivity index (χ1n) is 8.26. The van der Waals surface area contributed by atoms with E-state index in [9.17, 15) is 4.79 Å². The molecule has 21 heavy (non-hydrogen) atoms. The first kappa shape index (κ1) is 15.0. The standard InChI is InChI=1S/C16H25N3OS/c20-15(6-5-12-7-9-17-11-12)18-10-8-16-19-13-3-1-2-4-14(13)21-16/h12,17H,1-11H2,(H,18,20). The molecule has 1 aliphatic carbocycles. The summed E-state index contributed by atoms with van der Waals surface area (Å²) in [6.45, 7) is 2.92. The maximum Gasteiger partial charge on any atom is 0.220 e. The molecule has 1 amide bonds. The summed E-state index contributed by atoms with van der Waals surface area (Å²) in [6, 6.07) is 0. The molecule has 1 aromatic rings. The molecular formula is C16H25N3OS. The molecule has 2 aliphatic rings. The lowest BCUT2D eigenvalue weighted by Gasteiger charge is -2.08. The van der Waals surface area contributed by atoms with E-state index in [4.69, 9.17) is 4.98 Å². The van der Waals surface area contributed by atoms with Gasteiger partial charge in [0.05, 0.1) is 10.7 Å². The van der Waals surface area contributed by atoms with E-state index < -0.39 is 0 Å². The minimum atomic E-state index is 0.197. The van der Waals surface area contributed by atoms with Crippen molar-refractivity contribution in [1.29, 1.82) is 0 Å². The predicted octanol–water partition coefficient (Wildman–Crippen LogP) is 2.07. The van der Waals surface area contributed by atoms with Gasteiger partial charge in [-0.25, -0.2) is 4.98 Å². The third-order valence-corrected chi connectivity index (χ3v) is 5.71. The molecule has 1 atom stereocenters. The summed E-state index contributed by atoms with van der Waals surface area (Å²) >= 11 is 1.85. The van der Waals surface area contributed by atoms with Crippen molar-refractivity contribution in [2.24, 2.45) is 5.92 Å². The van der Waals surface area contributed by atoms with Gasteiger partial charge in [0.15, 0.2) is 0 Å². The fraction of sp³-hybridized carbons (Fsp3) is 0.750. The van der Waals surface area contributed by atoms with E-state index in [1.54, 1.807) is 0 Å². The van der Waals surface area contributed by atoms with Gasteiger partial charge in [-0.3, -0.25) is 4.79 Å². The quantitative estimate of drug-likeness (QED) is 0.846. The fourth-order valence-electron chi connectivity index (χ4n) is 3.21. The van der Waals surface area contributed by atoms with Gasteiger partial charge in [0.2, 0.25) is 5.91 Å². The highest BCUT2D eigenvalue weighted by Crippen LogP contribution is 2.26. The van der Waals surface area contributed by atoms with Gasteiger partial charge in [0.1, 0.15) is 0 Å². The minimum absolute atomic E-state index is 0.197. The van der Waals surface area contributed by atoms with Gasteiger partial charge in [-0.2, -0.15) is 0 Å². The largest absolute Gasteiger partial charge is 0.356 e. The Bertz CT molecular complexity index is 456. The molecule has 5 heteroatoms. The molecule has 1 fully saturated rings. The summed E-state index contributed by atoms with van der Waals surface area (Å²) < 4.78 is 0. The number of carbonyl (C=O) groups excluding carboxylic acids is 1. The van der Waals surface area contributed by atoms with Crippen LogP contribution in [0.25, 0.3) is 0 Å². The van der Waals surface area contributed by atoms with Crippen molar-refractivity contribution >= 4 is 17.2 Å². The lowest BCUT2D eigenvalue weighted by molar-refractivity contribution is -0.121. The maximum absolute atomic E-state index is 11.8. The SMILES string of the molecule is O=C(CCC1CCNC1)NCCc1nc2c(s1)CCCC2. The van der Waals surface area contributed by atoms with Crippen molar-refractivity contribution in [1.82, 2.24) is 15.6 Å². The van der Waals surface area contributed by atoms with E-state index in [1.807, 2.05) is 11.3 Å². The van der Waals surface area contributed by atoms with Crippen molar-refractivity contribution in [2.75, 3.05) is 19.6 Å². The number of rotatable bonds is 6. The van der Waals surface area contributed by atoms with Crippen molar-refractivity contribution in [2.45, 2.75) is 51.4 Å². The molecule has 0 aromatic carbocycles. The summed E-state index contributed by atoms with van der Waals surface area (Å²) in [7, 11) is 0. The molecule has 4 nitrogen and oxygen atoms in total. The molecule has 3 rings (SSSR count). The molecule has 1 aromatic heterocycles. The van der Waals surface area contributed by atoms with Crippen LogP contribution in [0.2, 0.25) is 0 Å². The third kappa shape index (κ3) is 4.27. The van der Waals surface area contributed by atoms with Crippen molar-refractivity contribution in [3.05, 3.63) is 15.6 Å². The Hall–Kier alpha value is -0.940. The fourth-order valence-corrected chi connectivity index (χ4v) is 4.36. The zero-order chi connectivity index (χ0) is 14.5. The number of thiazole rings is 1. The zero-order valence-electron chi connectivity index (χ0n) is 12.6. The summed E-state index contributed by atoms with van der Waals surface area (Å²) in [5.74, 6) is 0.893. The predicted molar refractivity (Wildman–Crippen MR) is 85.7 cm³/mol. The normalized spacial score (nSPS) is 21.2. The maximum atomic E-state index is 11.8. The summed E-state index contributed by atoms with van der Waals surface area (Å²) in [6.07, 6.45) is 8.73. The van der Waals surface area contributed by atoms with E-state index in [0.717, 1.165) is 38.9 Å². The van der Waals surface area contributed by atoms with E-state index in [0.29, 0.717) is 12.3 Å². The van der Waals surface area contributed by atoms with E-state index in [2.05, 4.69) is 10.6 Å². The van der Waals surface area contributed by atoms with Crippen LogP contribution in [0.3, 0.4) is 0 Å². The molecule has 0 bridgehead atoms. The Morgan fingerprint density at radius 2 is 2.29 bits per heavy atom. The molecule has 1 aliphatic heterocycles. The van der Waals surface area contributed by atoms with E-state index in [1.165, 1.54) is 41.3 Å². The van der Waals surface area contributed by atoms with E-state index >= 15 is 0 Å². The molecule has 2 heterocycles. The first-order valence-corrected chi connectivity index (χ1v) is 9.08. The highest BCUT2D eigenvalue weighted by atomic mass is 32.1. The lowest BCUT2D eigenvalue weighted by atomic mass is 10.0. The Balaban J connectivity index is 1.35. The molecule has 2 N–H and O–H groups in total. The van der Waals surface area contributed by atoms with Crippen LogP contribution in [0.4, 0.5) is 0 Å². The highest BCUT2D eigenvalue weighted by Gasteiger charge is 2.16. The topological polar surface area (TPSA) is 54.0 Å². The summed E-state index contributed by atoms with van der Waals surface area (Å²) in [5.41, 5.74) is 1.32. The third-order valence-electron chi connectivity index (χ3n) is 4.49. The van der Waals surface area contributed by atoms with Crippen molar-refractivity contribution < 1.29 is 4.79 Å². The number of amides is 1. The summed E-state index contributed by atoms with van der Waals surface area (Å²) in [5, 5.41) is 7.59. The van der Waals surface area contributed by atoms with Crippen LogP contribution in [-0.4, -0.2) is 30.5 Å². The molecule has 0 saturated carbocycles. The second-order valence-electron chi connectivity index (χ2n) is 6.18. The zero-order valence-corrected chi connectivity index (χ0v) is 13.4. The second kappa shape index (κ2) is 7.36. The number of hydrogen-bond acceptors (Lipinski definition) is 4. The van der Waals surface area contributed by atoms with Gasteiger partial charge in [0.25, 0.3) is 0 Å². The number of carbonyl (C=O) groups is 1. The number of nitrogens with one attached hydrogen (secondary N) is 2. The van der Waals surface area contributed by atoms with Gasteiger partial charge in [0, 0.05) is 24.3 Å². The average molecular weight is 307 g/mol. The Kier molecular flexibility index (Phi) is 5.25. The average Bonchev–Trinajstić information content (AvgIpc) is 3.14. The number of aryl methyl sites for hydroxylation is 2. The summed E-state index contributed by atoms with van der Waals surface area (Å²) in [4.78, 5) is 18.0. The number of nitrogens with zero attached hydrogens (tertiary/aromatic N) is 1. The van der Waals surface area contributed by atoms with Gasteiger partial charge in [-0.1, -0.05) is 0 Å². The van der Waals surface area contributed by atoms with Crippen LogP contribution < -0.4 is 10.6 Å². The van der Waals surface area contributed by atoms with Crippen LogP contribution in [0.15, 0.2) is 0 Å². The van der Waals surface area contributed by atoms with Crippen LogP contribution in [0.5, 0.6) is 0 Å². The Morgan fingerprint density at radius 3 is 3.10 bits per heavy atom. The molecule has 0 radical (unpaired) electrons. The second-order valence-corrected chi connectivity index (χ2v) is 7.35.